The predicted octanol–water partition coefficient (Wildman–Crippen LogP) is 7.76. The second-order valence-corrected chi connectivity index (χ2v) is 16.3. The Bertz CT molecular complexity index is 1770. The van der Waals surface area contributed by atoms with E-state index < -0.39 is 63.4 Å². The van der Waals surface area contributed by atoms with Gasteiger partial charge in [0.15, 0.2) is 5.60 Å². The normalized spacial score (nSPS) is 27.0. The van der Waals surface area contributed by atoms with Crippen molar-refractivity contribution in [1.82, 2.24) is 14.8 Å². The third kappa shape index (κ3) is 8.59. The Labute approximate surface area is 322 Å². The predicted molar refractivity (Wildman–Crippen MR) is 198 cm³/mol. The van der Waals surface area contributed by atoms with Crippen LogP contribution in [0.2, 0.25) is 0 Å². The fourth-order valence-corrected chi connectivity index (χ4v) is 9.33. The molecule has 1 aliphatic carbocycles. The van der Waals surface area contributed by atoms with Crippen LogP contribution < -0.4 is 5.73 Å². The number of allylic oxidation sites excluding steroid dienone is 2. The molecule has 1 saturated carbocycles. The number of halogens is 5. The summed E-state index contributed by atoms with van der Waals surface area (Å²) in [5.41, 5.74) is 5.31. The van der Waals surface area contributed by atoms with Crippen molar-refractivity contribution in [3.8, 4) is 0 Å². The second kappa shape index (κ2) is 16.1. The third-order valence-electron chi connectivity index (χ3n) is 11.4. The maximum Gasteiger partial charge on any atom is 0.422 e. The molecule has 4 heterocycles. The SMILES string of the molecule is C=C(O)C1CC(OCc2ccccc2C2(N)CCN(C(=O)[C@]3(OC4C=C(C(F)(F)F)SC4)CCCN(C(=O)c4ncccc4C(C)(F)F)[C@@H]3CCC)CC2)C1. The van der Waals surface area contributed by atoms with Gasteiger partial charge in [-0.05, 0) is 74.3 Å². The zero-order valence-electron chi connectivity index (χ0n) is 31.1. The molecule has 1 aromatic carbocycles. The van der Waals surface area contributed by atoms with Crippen LogP contribution in [0.4, 0.5) is 22.0 Å². The minimum absolute atomic E-state index is 0.00704. The van der Waals surface area contributed by atoms with Crippen LogP contribution in [-0.2, 0) is 32.3 Å². The number of amides is 2. The molecule has 3 aliphatic heterocycles. The molecule has 300 valence electrons. The average Bonchev–Trinajstić information content (AvgIpc) is 3.60. The molecule has 4 aliphatic rings. The fraction of sp³-hybridized carbons (Fsp3) is 0.575. The van der Waals surface area contributed by atoms with E-state index in [1.165, 1.54) is 17.2 Å². The molecule has 55 heavy (non-hydrogen) atoms. The van der Waals surface area contributed by atoms with Gasteiger partial charge in [0.25, 0.3) is 17.7 Å². The topological polar surface area (TPSA) is 118 Å². The summed E-state index contributed by atoms with van der Waals surface area (Å²) in [7, 11) is 0. The third-order valence-corrected chi connectivity index (χ3v) is 12.6. The molecule has 1 unspecified atom stereocenters. The summed E-state index contributed by atoms with van der Waals surface area (Å²) >= 11 is 0.596. The van der Waals surface area contributed by atoms with Gasteiger partial charge in [-0.15, -0.1) is 11.8 Å². The van der Waals surface area contributed by atoms with Crippen LogP contribution in [-0.4, -0.2) is 87.1 Å². The summed E-state index contributed by atoms with van der Waals surface area (Å²) in [6.07, 6.45) is -0.276. The number of piperidine rings is 2. The minimum Gasteiger partial charge on any atom is -0.513 e. The summed E-state index contributed by atoms with van der Waals surface area (Å²) in [5.74, 6) is -4.53. The Hall–Kier alpha value is -3.53. The Morgan fingerprint density at radius 3 is 2.42 bits per heavy atom. The van der Waals surface area contributed by atoms with Gasteiger partial charge in [-0.3, -0.25) is 14.6 Å². The van der Waals surface area contributed by atoms with Crippen LogP contribution in [0.5, 0.6) is 0 Å². The number of likely N-dealkylation sites (tertiary alicyclic amines) is 2. The maximum atomic E-state index is 15.1. The summed E-state index contributed by atoms with van der Waals surface area (Å²) in [5, 5.41) is 9.66. The number of aliphatic hydroxyl groups is 1. The quantitative estimate of drug-likeness (QED) is 0.166. The van der Waals surface area contributed by atoms with E-state index in [2.05, 4.69) is 11.6 Å². The van der Waals surface area contributed by atoms with Gasteiger partial charge in [0, 0.05) is 50.0 Å². The molecular weight excluding hydrogens is 744 g/mol. The number of ether oxygens (including phenoxy) is 2. The molecule has 3 atom stereocenters. The molecule has 2 saturated heterocycles. The van der Waals surface area contributed by atoms with Gasteiger partial charge in [0.05, 0.1) is 41.1 Å². The number of pyridine rings is 1. The number of carbonyl (C=O) groups excluding carboxylic acids is 2. The molecule has 2 amide bonds. The second-order valence-electron chi connectivity index (χ2n) is 15.3. The molecule has 9 nitrogen and oxygen atoms in total. The molecule has 0 spiro atoms. The van der Waals surface area contributed by atoms with E-state index in [1.54, 1.807) is 4.90 Å². The number of aromatic nitrogens is 1. The van der Waals surface area contributed by atoms with Gasteiger partial charge in [0.2, 0.25) is 0 Å². The fourth-order valence-electron chi connectivity index (χ4n) is 8.41. The minimum atomic E-state index is -4.59. The Morgan fingerprint density at radius 1 is 1.07 bits per heavy atom. The van der Waals surface area contributed by atoms with Crippen molar-refractivity contribution in [2.24, 2.45) is 11.7 Å². The van der Waals surface area contributed by atoms with Gasteiger partial charge in [0.1, 0.15) is 5.69 Å². The standard InChI is InChI=1S/C40H49F5N4O5S/c1-4-9-32-39(54-29-22-33(55-24-29)40(43,44)45,13-8-17-49(32)35(51)34-31(37(3,41)42)12-7-16-47-34)36(52)48-18-14-38(46,15-19-48)30-11-6-5-10-26(30)23-53-28-20-27(21-28)25(2)50/h5-7,10-12,16,22,27-29,32,50H,2,4,8-9,13-15,17-21,23-24,46H2,1,3H3/t27?,28?,29?,32-,39+/m1/s1. The van der Waals surface area contributed by atoms with Gasteiger partial charge in [-0.25, -0.2) is 8.78 Å². The van der Waals surface area contributed by atoms with E-state index in [9.17, 15) is 31.9 Å². The molecule has 15 heteroatoms. The van der Waals surface area contributed by atoms with E-state index >= 15 is 4.79 Å². The molecule has 0 bridgehead atoms. The lowest BCUT2D eigenvalue weighted by molar-refractivity contribution is -0.182. The molecule has 6 rings (SSSR count). The summed E-state index contributed by atoms with van der Waals surface area (Å²) in [6.45, 7) is 7.00. The van der Waals surface area contributed by atoms with Gasteiger partial charge in [-0.1, -0.05) is 44.2 Å². The van der Waals surface area contributed by atoms with Crippen molar-refractivity contribution in [3.63, 3.8) is 0 Å². The number of rotatable bonds is 12. The average molecular weight is 793 g/mol. The van der Waals surface area contributed by atoms with Crippen molar-refractivity contribution in [1.29, 1.82) is 0 Å². The maximum absolute atomic E-state index is 15.1. The number of nitrogens with two attached hydrogens (primary N) is 1. The van der Waals surface area contributed by atoms with Gasteiger partial charge >= 0.3 is 6.18 Å². The highest BCUT2D eigenvalue weighted by molar-refractivity contribution is 8.03. The monoisotopic (exact) mass is 792 g/mol. The van der Waals surface area contributed by atoms with Crippen molar-refractivity contribution < 1.29 is 46.1 Å². The number of benzene rings is 1. The first-order chi connectivity index (χ1) is 26.0. The van der Waals surface area contributed by atoms with Crippen molar-refractivity contribution in [2.75, 3.05) is 25.4 Å². The summed E-state index contributed by atoms with van der Waals surface area (Å²) in [4.78, 5) is 35.5. The van der Waals surface area contributed by atoms with Crippen LogP contribution in [0.3, 0.4) is 0 Å². The van der Waals surface area contributed by atoms with Crippen LogP contribution in [0.1, 0.15) is 92.4 Å². The van der Waals surface area contributed by atoms with E-state index in [1.807, 2.05) is 31.2 Å². The van der Waals surface area contributed by atoms with Crippen LogP contribution in [0, 0.1) is 5.92 Å². The van der Waals surface area contributed by atoms with E-state index in [4.69, 9.17) is 15.2 Å². The summed E-state index contributed by atoms with van der Waals surface area (Å²) < 4.78 is 83.5. The lowest BCUT2D eigenvalue weighted by Crippen LogP contribution is -2.68. The Morgan fingerprint density at radius 2 is 1.78 bits per heavy atom. The molecule has 2 aromatic rings. The van der Waals surface area contributed by atoms with E-state index in [0.29, 0.717) is 57.4 Å². The highest BCUT2D eigenvalue weighted by atomic mass is 32.2. The number of aliphatic hydroxyl groups excluding tert-OH is 1. The van der Waals surface area contributed by atoms with Crippen LogP contribution in [0.25, 0.3) is 0 Å². The smallest absolute Gasteiger partial charge is 0.422 e. The number of nitrogens with zero attached hydrogens (tertiary/aromatic N) is 3. The number of thioether (sulfide) groups is 1. The number of hydrogen-bond acceptors (Lipinski definition) is 8. The number of hydrogen-bond donors (Lipinski definition) is 2. The molecule has 1 aromatic heterocycles. The van der Waals surface area contributed by atoms with Crippen LogP contribution in [0.15, 0.2) is 65.9 Å². The Balaban J connectivity index is 1.28. The molecule has 3 N–H and O–H groups in total. The number of carbonyl (C=O) groups is 2. The first kappa shape index (κ1) is 41.1. The number of alkyl halides is 5. The first-order valence-electron chi connectivity index (χ1n) is 18.9. The molecular formula is C40H49F5N4O5S. The van der Waals surface area contributed by atoms with E-state index in [0.717, 1.165) is 23.3 Å². The first-order valence-corrected chi connectivity index (χ1v) is 19.9. The lowest BCUT2D eigenvalue weighted by atomic mass is 9.77. The molecule has 0 radical (unpaired) electrons. The highest BCUT2D eigenvalue weighted by Gasteiger charge is 2.56. The zero-order valence-corrected chi connectivity index (χ0v) is 31.9. The van der Waals surface area contributed by atoms with Gasteiger partial charge < -0.3 is 30.1 Å². The van der Waals surface area contributed by atoms with E-state index in [-0.39, 0.29) is 62.4 Å². The van der Waals surface area contributed by atoms with Gasteiger partial charge in [-0.2, -0.15) is 13.2 Å². The summed E-state index contributed by atoms with van der Waals surface area (Å²) in [6, 6.07) is 9.20. The Kier molecular flexibility index (Phi) is 12.1. The highest BCUT2D eigenvalue weighted by Crippen LogP contribution is 2.45. The zero-order chi connectivity index (χ0) is 39.8. The van der Waals surface area contributed by atoms with Crippen molar-refractivity contribution in [3.05, 3.63) is 88.3 Å². The van der Waals surface area contributed by atoms with Crippen molar-refractivity contribution >= 4 is 23.6 Å². The van der Waals surface area contributed by atoms with Crippen LogP contribution >= 0.6 is 11.8 Å². The van der Waals surface area contributed by atoms with Crippen molar-refractivity contribution in [2.45, 2.75) is 113 Å². The molecule has 3 fully saturated rings. The largest absolute Gasteiger partial charge is 0.513 e. The lowest BCUT2D eigenvalue weighted by Gasteiger charge is -2.52.